The molecule has 180 valence electrons. The Morgan fingerprint density at radius 1 is 0.971 bits per heavy atom. The number of amides is 1. The quantitative estimate of drug-likeness (QED) is 0.466. The number of hydrogen-bond acceptors (Lipinski definition) is 4. The molecule has 0 aliphatic rings. The molecule has 0 heterocycles. The molecule has 1 amide bonds. The van der Waals surface area contributed by atoms with Crippen molar-refractivity contribution < 1.29 is 31.1 Å². The summed E-state index contributed by atoms with van der Waals surface area (Å²) in [6.45, 7) is 3.28. The number of para-hydroxylation sites is 1. The second-order valence-electron chi connectivity index (χ2n) is 7.34. The molecule has 0 saturated heterocycles. The van der Waals surface area contributed by atoms with Crippen LogP contribution in [-0.4, -0.2) is 27.5 Å². The van der Waals surface area contributed by atoms with Crippen molar-refractivity contribution in [1.82, 2.24) is 0 Å². The standard InChI is InChI=1S/C24H23F3N2O4S/c1-3-33-19-12-14-20(15-13-19)34(31,32)29(18-10-8-17(2)9-11-18)16-23(30)28-22-7-5-4-6-21(22)24(25,26)27/h4-15H,3,16H2,1-2H3,(H,28,30). The minimum absolute atomic E-state index is 0.0972. The molecule has 3 aromatic carbocycles. The van der Waals surface area contributed by atoms with Crippen LogP contribution in [0.5, 0.6) is 5.75 Å². The van der Waals surface area contributed by atoms with Crippen LogP contribution in [0.3, 0.4) is 0 Å². The maximum atomic E-state index is 13.4. The first-order valence-corrected chi connectivity index (χ1v) is 11.7. The number of nitrogens with one attached hydrogen (secondary N) is 1. The molecule has 0 aliphatic heterocycles. The molecular weight excluding hydrogens is 469 g/mol. The lowest BCUT2D eigenvalue weighted by Gasteiger charge is -2.24. The van der Waals surface area contributed by atoms with Gasteiger partial charge in [0.1, 0.15) is 12.3 Å². The molecular formula is C24H23F3N2O4S. The van der Waals surface area contributed by atoms with Crippen LogP contribution in [0.25, 0.3) is 0 Å². The van der Waals surface area contributed by atoms with Crippen molar-refractivity contribution >= 4 is 27.3 Å². The predicted molar refractivity (Wildman–Crippen MR) is 123 cm³/mol. The maximum absolute atomic E-state index is 13.4. The second-order valence-corrected chi connectivity index (χ2v) is 9.21. The van der Waals surface area contributed by atoms with E-state index in [0.717, 1.165) is 22.0 Å². The molecule has 0 fully saturated rings. The lowest BCUT2D eigenvalue weighted by Crippen LogP contribution is -2.38. The van der Waals surface area contributed by atoms with Crippen molar-refractivity contribution in [3.63, 3.8) is 0 Å². The van der Waals surface area contributed by atoms with Gasteiger partial charge in [0.15, 0.2) is 0 Å². The highest BCUT2D eigenvalue weighted by atomic mass is 32.2. The molecule has 3 aromatic rings. The van der Waals surface area contributed by atoms with Gasteiger partial charge < -0.3 is 10.1 Å². The average molecular weight is 493 g/mol. The van der Waals surface area contributed by atoms with Crippen molar-refractivity contribution in [1.29, 1.82) is 0 Å². The van der Waals surface area contributed by atoms with E-state index >= 15 is 0 Å². The van der Waals surface area contributed by atoms with Gasteiger partial charge in [-0.15, -0.1) is 0 Å². The fourth-order valence-corrected chi connectivity index (χ4v) is 4.61. The number of anilines is 2. The van der Waals surface area contributed by atoms with Gasteiger partial charge in [-0.2, -0.15) is 13.2 Å². The van der Waals surface area contributed by atoms with Gasteiger partial charge in [-0.1, -0.05) is 29.8 Å². The van der Waals surface area contributed by atoms with Crippen LogP contribution in [0.2, 0.25) is 0 Å². The van der Waals surface area contributed by atoms with Crippen LogP contribution in [0.4, 0.5) is 24.5 Å². The normalized spacial score (nSPS) is 11.7. The molecule has 0 spiro atoms. The molecule has 0 aliphatic carbocycles. The minimum atomic E-state index is -4.69. The van der Waals surface area contributed by atoms with E-state index in [1.54, 1.807) is 19.1 Å². The Balaban J connectivity index is 1.94. The average Bonchev–Trinajstić information content (AvgIpc) is 2.78. The van der Waals surface area contributed by atoms with Crippen LogP contribution in [0, 0.1) is 6.92 Å². The van der Waals surface area contributed by atoms with Gasteiger partial charge in [0.05, 0.1) is 28.4 Å². The number of carbonyl (C=O) groups is 1. The number of ether oxygens (including phenoxy) is 1. The van der Waals surface area contributed by atoms with Crippen molar-refractivity contribution in [3.8, 4) is 5.75 Å². The van der Waals surface area contributed by atoms with E-state index in [1.165, 1.54) is 48.5 Å². The lowest BCUT2D eigenvalue weighted by molar-refractivity contribution is -0.137. The van der Waals surface area contributed by atoms with Gasteiger partial charge in [-0.25, -0.2) is 8.42 Å². The highest BCUT2D eigenvalue weighted by Crippen LogP contribution is 2.34. The van der Waals surface area contributed by atoms with Crippen LogP contribution in [-0.2, 0) is 21.0 Å². The SMILES string of the molecule is CCOc1ccc(S(=O)(=O)N(CC(=O)Nc2ccccc2C(F)(F)F)c2ccc(C)cc2)cc1. The highest BCUT2D eigenvalue weighted by molar-refractivity contribution is 7.92. The smallest absolute Gasteiger partial charge is 0.418 e. The Morgan fingerprint density at radius 2 is 1.59 bits per heavy atom. The monoisotopic (exact) mass is 492 g/mol. The Labute approximate surface area is 196 Å². The van der Waals surface area contributed by atoms with Crippen molar-refractivity contribution in [2.45, 2.75) is 24.9 Å². The third kappa shape index (κ3) is 5.88. The summed E-state index contributed by atoms with van der Waals surface area (Å²) >= 11 is 0. The number of rotatable bonds is 8. The highest BCUT2D eigenvalue weighted by Gasteiger charge is 2.34. The van der Waals surface area contributed by atoms with Crippen molar-refractivity contribution in [2.24, 2.45) is 0 Å². The van der Waals surface area contributed by atoms with E-state index in [4.69, 9.17) is 4.74 Å². The Bertz CT molecular complexity index is 1240. The number of aryl methyl sites for hydroxylation is 1. The Morgan fingerprint density at radius 3 is 2.18 bits per heavy atom. The summed E-state index contributed by atoms with van der Waals surface area (Å²) < 4.78 is 72.9. The number of benzene rings is 3. The van der Waals surface area contributed by atoms with Gasteiger partial charge in [0.25, 0.3) is 10.0 Å². The van der Waals surface area contributed by atoms with Crippen molar-refractivity contribution in [2.75, 3.05) is 22.8 Å². The first-order chi connectivity index (χ1) is 16.0. The van der Waals surface area contributed by atoms with E-state index in [9.17, 15) is 26.4 Å². The molecule has 0 atom stereocenters. The molecule has 34 heavy (non-hydrogen) atoms. The summed E-state index contributed by atoms with van der Waals surface area (Å²) in [6, 6.07) is 16.6. The fourth-order valence-electron chi connectivity index (χ4n) is 3.19. The maximum Gasteiger partial charge on any atom is 0.418 e. The number of carbonyl (C=O) groups excluding carboxylic acids is 1. The van der Waals surface area contributed by atoms with E-state index in [1.807, 2.05) is 6.92 Å². The van der Waals surface area contributed by atoms with Gasteiger partial charge in [0, 0.05) is 0 Å². The molecule has 3 rings (SSSR count). The van der Waals surface area contributed by atoms with Crippen LogP contribution in [0.1, 0.15) is 18.1 Å². The molecule has 0 saturated carbocycles. The molecule has 6 nitrogen and oxygen atoms in total. The van der Waals surface area contributed by atoms with Crippen LogP contribution >= 0.6 is 0 Å². The molecule has 1 N–H and O–H groups in total. The Hall–Kier alpha value is -3.53. The van der Waals surface area contributed by atoms with Gasteiger partial charge >= 0.3 is 6.18 Å². The summed E-state index contributed by atoms with van der Waals surface area (Å²) in [5, 5.41) is 2.19. The first kappa shape index (κ1) is 25.1. The third-order valence-electron chi connectivity index (χ3n) is 4.84. The van der Waals surface area contributed by atoms with E-state index in [2.05, 4.69) is 5.32 Å². The third-order valence-corrected chi connectivity index (χ3v) is 6.63. The summed E-state index contributed by atoms with van der Waals surface area (Å²) in [7, 11) is -4.23. The molecule has 0 bridgehead atoms. The number of hydrogen-bond donors (Lipinski definition) is 1. The number of sulfonamides is 1. The zero-order valence-electron chi connectivity index (χ0n) is 18.5. The van der Waals surface area contributed by atoms with Crippen LogP contribution < -0.4 is 14.4 Å². The zero-order chi connectivity index (χ0) is 24.9. The topological polar surface area (TPSA) is 75.7 Å². The number of alkyl halides is 3. The van der Waals surface area contributed by atoms with E-state index in [-0.39, 0.29) is 10.6 Å². The van der Waals surface area contributed by atoms with Gasteiger partial charge in [-0.05, 0) is 62.4 Å². The number of nitrogens with zero attached hydrogens (tertiary/aromatic N) is 1. The predicted octanol–water partition coefficient (Wildman–Crippen LogP) is 5.25. The minimum Gasteiger partial charge on any atom is -0.494 e. The summed E-state index contributed by atoms with van der Waals surface area (Å²) in [5.74, 6) is -0.448. The summed E-state index contributed by atoms with van der Waals surface area (Å²) in [4.78, 5) is 12.7. The fraction of sp³-hybridized carbons (Fsp3) is 0.208. The number of halogens is 3. The molecule has 0 radical (unpaired) electrons. The second kappa shape index (κ2) is 10.2. The largest absolute Gasteiger partial charge is 0.494 e. The molecule has 10 heteroatoms. The molecule has 0 unspecified atom stereocenters. The lowest BCUT2D eigenvalue weighted by atomic mass is 10.1. The van der Waals surface area contributed by atoms with Crippen molar-refractivity contribution in [3.05, 3.63) is 83.9 Å². The van der Waals surface area contributed by atoms with E-state index < -0.39 is 39.9 Å². The summed E-state index contributed by atoms with van der Waals surface area (Å²) in [5.41, 5.74) is -0.425. The van der Waals surface area contributed by atoms with E-state index in [0.29, 0.717) is 12.4 Å². The first-order valence-electron chi connectivity index (χ1n) is 10.3. The summed E-state index contributed by atoms with van der Waals surface area (Å²) in [6.07, 6.45) is -4.69. The molecule has 0 aromatic heterocycles. The van der Waals surface area contributed by atoms with Gasteiger partial charge in [-0.3, -0.25) is 9.10 Å². The Kier molecular flexibility index (Phi) is 7.51. The zero-order valence-corrected chi connectivity index (χ0v) is 19.3. The van der Waals surface area contributed by atoms with Gasteiger partial charge in [0.2, 0.25) is 5.91 Å². The van der Waals surface area contributed by atoms with Crippen LogP contribution in [0.15, 0.2) is 77.7 Å².